The van der Waals surface area contributed by atoms with Crippen molar-refractivity contribution in [3.8, 4) is 5.69 Å². The SMILES string of the molecule is CCCC(C)CNc1cccc(Cl)c1-n1cncn1. The Hall–Kier alpha value is -1.55. The summed E-state index contributed by atoms with van der Waals surface area (Å²) in [5, 5.41) is 8.27. The van der Waals surface area contributed by atoms with E-state index in [-0.39, 0.29) is 0 Å². The number of nitrogens with one attached hydrogen (secondary N) is 1. The second-order valence-electron chi connectivity index (χ2n) is 4.75. The highest BCUT2D eigenvalue weighted by Gasteiger charge is 2.10. The normalized spacial score (nSPS) is 12.4. The fourth-order valence-electron chi connectivity index (χ4n) is 2.09. The lowest BCUT2D eigenvalue weighted by Crippen LogP contribution is -2.13. The first-order valence-corrected chi connectivity index (χ1v) is 6.97. The predicted molar refractivity (Wildman–Crippen MR) is 78.9 cm³/mol. The number of hydrogen-bond acceptors (Lipinski definition) is 3. The molecule has 5 heteroatoms. The molecule has 4 nitrogen and oxygen atoms in total. The molecule has 1 heterocycles. The van der Waals surface area contributed by atoms with Crippen LogP contribution in [0, 0.1) is 5.92 Å². The number of para-hydroxylation sites is 1. The van der Waals surface area contributed by atoms with Gasteiger partial charge in [-0.2, -0.15) is 5.10 Å². The van der Waals surface area contributed by atoms with Gasteiger partial charge in [-0.3, -0.25) is 0 Å². The minimum absolute atomic E-state index is 0.632. The number of nitrogens with zero attached hydrogens (tertiary/aromatic N) is 3. The Morgan fingerprint density at radius 3 is 2.95 bits per heavy atom. The Balaban J connectivity index is 2.19. The molecule has 0 saturated heterocycles. The largest absolute Gasteiger partial charge is 0.383 e. The zero-order chi connectivity index (χ0) is 13.7. The highest BCUT2D eigenvalue weighted by molar-refractivity contribution is 6.33. The molecule has 0 aliphatic heterocycles. The Labute approximate surface area is 118 Å². The molecule has 1 N–H and O–H groups in total. The van der Waals surface area contributed by atoms with Crippen molar-refractivity contribution in [2.75, 3.05) is 11.9 Å². The lowest BCUT2D eigenvalue weighted by Gasteiger charge is -2.16. The first-order valence-electron chi connectivity index (χ1n) is 6.59. The average Bonchev–Trinajstić information content (AvgIpc) is 2.90. The van der Waals surface area contributed by atoms with Crippen LogP contribution in [0.1, 0.15) is 26.7 Å². The molecule has 19 heavy (non-hydrogen) atoms. The maximum absolute atomic E-state index is 6.27. The van der Waals surface area contributed by atoms with Gasteiger partial charge in [-0.15, -0.1) is 0 Å². The van der Waals surface area contributed by atoms with Crippen LogP contribution in [0.3, 0.4) is 0 Å². The minimum Gasteiger partial charge on any atom is -0.383 e. The number of hydrogen-bond donors (Lipinski definition) is 1. The third kappa shape index (κ3) is 3.47. The summed E-state index contributed by atoms with van der Waals surface area (Å²) in [5.74, 6) is 0.632. The topological polar surface area (TPSA) is 42.7 Å². The molecule has 0 aliphatic rings. The first-order chi connectivity index (χ1) is 9.22. The highest BCUT2D eigenvalue weighted by atomic mass is 35.5. The second-order valence-corrected chi connectivity index (χ2v) is 5.16. The number of benzene rings is 1. The summed E-state index contributed by atoms with van der Waals surface area (Å²) in [6, 6.07) is 5.82. The fourth-order valence-corrected chi connectivity index (χ4v) is 2.35. The van der Waals surface area contributed by atoms with Crippen molar-refractivity contribution in [2.45, 2.75) is 26.7 Å². The van der Waals surface area contributed by atoms with E-state index in [1.807, 2.05) is 18.2 Å². The Morgan fingerprint density at radius 1 is 1.42 bits per heavy atom. The van der Waals surface area contributed by atoms with Gasteiger partial charge >= 0.3 is 0 Å². The highest BCUT2D eigenvalue weighted by Crippen LogP contribution is 2.28. The monoisotopic (exact) mass is 278 g/mol. The Bertz CT molecular complexity index is 510. The summed E-state index contributed by atoms with van der Waals surface area (Å²) in [6.07, 6.45) is 5.58. The Kier molecular flexibility index (Phi) is 4.80. The molecule has 1 atom stereocenters. The van der Waals surface area contributed by atoms with Crippen LogP contribution in [0.4, 0.5) is 5.69 Å². The van der Waals surface area contributed by atoms with Crippen molar-refractivity contribution in [1.29, 1.82) is 0 Å². The molecule has 0 aliphatic carbocycles. The minimum atomic E-state index is 0.632. The average molecular weight is 279 g/mol. The van der Waals surface area contributed by atoms with Gasteiger partial charge in [0.25, 0.3) is 0 Å². The van der Waals surface area contributed by atoms with Crippen molar-refractivity contribution in [3.05, 3.63) is 35.9 Å². The van der Waals surface area contributed by atoms with Gasteiger partial charge in [0.05, 0.1) is 10.7 Å². The molecule has 1 unspecified atom stereocenters. The van der Waals surface area contributed by atoms with E-state index in [9.17, 15) is 0 Å². The molecule has 0 fully saturated rings. The van der Waals surface area contributed by atoms with Crippen molar-refractivity contribution < 1.29 is 0 Å². The van der Waals surface area contributed by atoms with E-state index in [1.54, 1.807) is 11.0 Å². The van der Waals surface area contributed by atoms with Crippen LogP contribution in [-0.4, -0.2) is 21.3 Å². The van der Waals surface area contributed by atoms with Gasteiger partial charge in [0.15, 0.2) is 0 Å². The van der Waals surface area contributed by atoms with Crippen molar-refractivity contribution >= 4 is 17.3 Å². The van der Waals surface area contributed by atoms with E-state index in [1.165, 1.54) is 19.2 Å². The third-order valence-electron chi connectivity index (χ3n) is 3.06. The summed E-state index contributed by atoms with van der Waals surface area (Å²) in [6.45, 7) is 5.38. The Morgan fingerprint density at radius 2 is 2.26 bits per heavy atom. The third-order valence-corrected chi connectivity index (χ3v) is 3.36. The summed E-state index contributed by atoms with van der Waals surface area (Å²) >= 11 is 6.27. The quantitative estimate of drug-likeness (QED) is 0.875. The van der Waals surface area contributed by atoms with Crippen LogP contribution in [0.2, 0.25) is 5.02 Å². The summed E-state index contributed by atoms with van der Waals surface area (Å²) < 4.78 is 1.69. The standard InChI is InChI=1S/C14H19ClN4/c1-3-5-11(2)8-17-13-7-4-6-12(15)14(13)19-10-16-9-18-19/h4,6-7,9-11,17H,3,5,8H2,1-2H3. The van der Waals surface area contributed by atoms with E-state index >= 15 is 0 Å². The molecule has 1 aromatic carbocycles. The van der Waals surface area contributed by atoms with E-state index in [2.05, 4.69) is 29.2 Å². The van der Waals surface area contributed by atoms with Crippen LogP contribution in [0.15, 0.2) is 30.9 Å². The van der Waals surface area contributed by atoms with Gasteiger partial charge in [0.1, 0.15) is 18.3 Å². The van der Waals surface area contributed by atoms with Crippen LogP contribution >= 0.6 is 11.6 Å². The van der Waals surface area contributed by atoms with Gasteiger partial charge in [0, 0.05) is 6.54 Å². The molecule has 102 valence electrons. The number of anilines is 1. The van der Waals surface area contributed by atoms with E-state index in [0.29, 0.717) is 10.9 Å². The summed E-state index contributed by atoms with van der Waals surface area (Å²) in [5.41, 5.74) is 1.84. The lowest BCUT2D eigenvalue weighted by atomic mass is 10.1. The van der Waals surface area contributed by atoms with Crippen LogP contribution in [0.25, 0.3) is 5.69 Å². The van der Waals surface area contributed by atoms with E-state index in [0.717, 1.165) is 17.9 Å². The number of halogens is 1. The van der Waals surface area contributed by atoms with Gasteiger partial charge in [-0.05, 0) is 24.5 Å². The van der Waals surface area contributed by atoms with Gasteiger partial charge in [-0.25, -0.2) is 9.67 Å². The fraction of sp³-hybridized carbons (Fsp3) is 0.429. The number of aromatic nitrogens is 3. The molecule has 0 bridgehead atoms. The van der Waals surface area contributed by atoms with Crippen molar-refractivity contribution in [2.24, 2.45) is 5.92 Å². The predicted octanol–water partition coefficient (Wildman–Crippen LogP) is 3.77. The van der Waals surface area contributed by atoms with E-state index < -0.39 is 0 Å². The maximum atomic E-state index is 6.27. The van der Waals surface area contributed by atoms with Gasteiger partial charge < -0.3 is 5.32 Å². The van der Waals surface area contributed by atoms with Gasteiger partial charge in [-0.1, -0.05) is 37.9 Å². The zero-order valence-electron chi connectivity index (χ0n) is 11.3. The molecule has 0 radical (unpaired) electrons. The van der Waals surface area contributed by atoms with Crippen molar-refractivity contribution in [3.63, 3.8) is 0 Å². The lowest BCUT2D eigenvalue weighted by molar-refractivity contribution is 0.550. The summed E-state index contributed by atoms with van der Waals surface area (Å²) in [4.78, 5) is 3.97. The van der Waals surface area contributed by atoms with E-state index in [4.69, 9.17) is 11.6 Å². The second kappa shape index (κ2) is 6.57. The smallest absolute Gasteiger partial charge is 0.138 e. The summed E-state index contributed by atoms with van der Waals surface area (Å²) in [7, 11) is 0. The molecular formula is C14H19ClN4. The van der Waals surface area contributed by atoms with Gasteiger partial charge in [0.2, 0.25) is 0 Å². The van der Waals surface area contributed by atoms with Crippen LogP contribution in [-0.2, 0) is 0 Å². The molecule has 0 amide bonds. The molecule has 1 aromatic heterocycles. The van der Waals surface area contributed by atoms with Crippen molar-refractivity contribution in [1.82, 2.24) is 14.8 Å². The molecule has 2 aromatic rings. The number of rotatable bonds is 6. The molecule has 2 rings (SSSR count). The molecule has 0 saturated carbocycles. The molecular weight excluding hydrogens is 260 g/mol. The maximum Gasteiger partial charge on any atom is 0.138 e. The first kappa shape index (κ1) is 13.9. The van der Waals surface area contributed by atoms with Crippen LogP contribution < -0.4 is 5.32 Å². The zero-order valence-corrected chi connectivity index (χ0v) is 12.1. The van der Waals surface area contributed by atoms with Crippen LogP contribution in [0.5, 0.6) is 0 Å². The molecule has 0 spiro atoms.